The lowest BCUT2D eigenvalue weighted by Crippen LogP contribution is -2.30. The highest BCUT2D eigenvalue weighted by atomic mass is 79.9. The predicted molar refractivity (Wildman–Crippen MR) is 83.1 cm³/mol. The Morgan fingerprint density at radius 2 is 2.10 bits per heavy atom. The van der Waals surface area contributed by atoms with Gasteiger partial charge in [-0.15, -0.1) is 0 Å². The molecule has 0 heterocycles. The van der Waals surface area contributed by atoms with Crippen molar-refractivity contribution in [1.82, 2.24) is 0 Å². The monoisotopic (exact) mass is 338 g/mol. The first kappa shape index (κ1) is 15.3. The molecular weight excluding hydrogens is 319 g/mol. The van der Waals surface area contributed by atoms with E-state index in [0.717, 1.165) is 6.42 Å². The average molecular weight is 339 g/mol. The minimum atomic E-state index is -0.363. The molecule has 1 aliphatic carbocycles. The van der Waals surface area contributed by atoms with E-state index in [1.807, 2.05) is 6.07 Å². The zero-order valence-electron chi connectivity index (χ0n) is 11.8. The topological polar surface area (TPSA) is 35.8 Å². The van der Waals surface area contributed by atoms with Gasteiger partial charge in [-0.3, -0.25) is 0 Å². The van der Waals surface area contributed by atoms with E-state index < -0.39 is 0 Å². The summed E-state index contributed by atoms with van der Waals surface area (Å²) in [5.41, 5.74) is 0.826. The molecule has 0 radical (unpaired) electrons. The molecule has 4 heteroatoms. The summed E-state index contributed by atoms with van der Waals surface area (Å²) in [7, 11) is 0. The molecule has 1 unspecified atom stereocenters. The Balaban J connectivity index is 2.15. The van der Waals surface area contributed by atoms with E-state index >= 15 is 0 Å². The number of benzene rings is 1. The van der Waals surface area contributed by atoms with Gasteiger partial charge in [0.25, 0.3) is 0 Å². The van der Waals surface area contributed by atoms with Crippen molar-refractivity contribution in [2.24, 2.45) is 5.92 Å². The van der Waals surface area contributed by atoms with E-state index in [0.29, 0.717) is 23.2 Å². The van der Waals surface area contributed by atoms with E-state index in [1.165, 1.54) is 32.1 Å². The van der Waals surface area contributed by atoms with Crippen LogP contribution in [0.4, 0.5) is 10.1 Å². The van der Waals surface area contributed by atoms with Crippen molar-refractivity contribution in [3.8, 4) is 6.07 Å². The van der Waals surface area contributed by atoms with E-state index in [9.17, 15) is 4.39 Å². The standard InChI is InChI=1S/C16H20BrFN2/c1-2-13(11-6-4-3-5-7-11)20-14-9-8-12(10-19)15(17)16(14)18/h8-9,11,13,20H,2-7H2,1H3. The number of halogens is 2. The van der Waals surface area contributed by atoms with E-state index in [4.69, 9.17) is 5.26 Å². The van der Waals surface area contributed by atoms with Crippen LogP contribution in [0.5, 0.6) is 0 Å². The molecule has 0 aliphatic heterocycles. The highest BCUT2D eigenvalue weighted by Crippen LogP contribution is 2.32. The maximum absolute atomic E-state index is 14.3. The molecule has 1 atom stereocenters. The number of hydrogen-bond donors (Lipinski definition) is 1. The molecule has 20 heavy (non-hydrogen) atoms. The largest absolute Gasteiger partial charge is 0.380 e. The van der Waals surface area contributed by atoms with Crippen LogP contribution < -0.4 is 5.32 Å². The van der Waals surface area contributed by atoms with Gasteiger partial charge < -0.3 is 5.32 Å². The fourth-order valence-corrected chi connectivity index (χ4v) is 3.47. The maximum Gasteiger partial charge on any atom is 0.161 e. The molecule has 0 bridgehead atoms. The second-order valence-electron chi connectivity index (χ2n) is 5.46. The van der Waals surface area contributed by atoms with E-state index in [2.05, 4.69) is 28.2 Å². The van der Waals surface area contributed by atoms with Crippen LogP contribution in [0.15, 0.2) is 16.6 Å². The molecule has 0 saturated heterocycles. The molecule has 1 fully saturated rings. The van der Waals surface area contributed by atoms with Gasteiger partial charge in [-0.1, -0.05) is 26.2 Å². The van der Waals surface area contributed by atoms with E-state index in [1.54, 1.807) is 12.1 Å². The van der Waals surface area contributed by atoms with Crippen LogP contribution in [0.1, 0.15) is 51.0 Å². The molecule has 2 nitrogen and oxygen atoms in total. The van der Waals surface area contributed by atoms with Crippen LogP contribution in [0.3, 0.4) is 0 Å². The van der Waals surface area contributed by atoms with Crippen LogP contribution in [0.2, 0.25) is 0 Å². The average Bonchev–Trinajstić information content (AvgIpc) is 2.50. The molecule has 1 saturated carbocycles. The van der Waals surface area contributed by atoms with Gasteiger partial charge in [0.15, 0.2) is 5.82 Å². The Hall–Kier alpha value is -1.08. The summed E-state index contributed by atoms with van der Waals surface area (Å²) in [6.45, 7) is 2.14. The number of anilines is 1. The van der Waals surface area contributed by atoms with Crippen LogP contribution in [-0.2, 0) is 0 Å². The first-order valence-electron chi connectivity index (χ1n) is 7.32. The van der Waals surface area contributed by atoms with E-state index in [-0.39, 0.29) is 10.3 Å². The summed E-state index contributed by atoms with van der Waals surface area (Å²) >= 11 is 3.16. The Morgan fingerprint density at radius 1 is 1.40 bits per heavy atom. The van der Waals surface area contributed by atoms with Gasteiger partial charge in [-0.2, -0.15) is 5.26 Å². The lowest BCUT2D eigenvalue weighted by atomic mass is 9.83. The highest BCUT2D eigenvalue weighted by molar-refractivity contribution is 9.10. The van der Waals surface area contributed by atoms with Crippen molar-refractivity contribution in [2.45, 2.75) is 51.5 Å². The Morgan fingerprint density at radius 3 is 2.70 bits per heavy atom. The van der Waals surface area contributed by atoms with Gasteiger partial charge in [0.05, 0.1) is 15.7 Å². The molecule has 108 valence electrons. The van der Waals surface area contributed by atoms with Gasteiger partial charge in [0.2, 0.25) is 0 Å². The number of nitrogens with one attached hydrogen (secondary N) is 1. The molecule has 2 rings (SSSR count). The number of rotatable bonds is 4. The van der Waals surface area contributed by atoms with Crippen LogP contribution in [-0.4, -0.2) is 6.04 Å². The van der Waals surface area contributed by atoms with Crippen molar-refractivity contribution in [2.75, 3.05) is 5.32 Å². The quantitative estimate of drug-likeness (QED) is 0.815. The second-order valence-corrected chi connectivity index (χ2v) is 6.25. The fraction of sp³-hybridized carbons (Fsp3) is 0.562. The van der Waals surface area contributed by atoms with Gasteiger partial charge in [-0.25, -0.2) is 4.39 Å². The van der Waals surface area contributed by atoms with Crippen LogP contribution in [0, 0.1) is 23.1 Å². The van der Waals surface area contributed by atoms with Crippen LogP contribution >= 0.6 is 15.9 Å². The second kappa shape index (κ2) is 7.08. The molecular formula is C16H20BrFN2. The predicted octanol–water partition coefficient (Wildman–Crippen LogP) is 5.23. The molecule has 0 spiro atoms. The minimum absolute atomic E-state index is 0.253. The number of nitrogens with zero attached hydrogens (tertiary/aromatic N) is 1. The van der Waals surface area contributed by atoms with Gasteiger partial charge >= 0.3 is 0 Å². The van der Waals surface area contributed by atoms with Gasteiger partial charge in [-0.05, 0) is 53.2 Å². The number of hydrogen-bond acceptors (Lipinski definition) is 2. The lowest BCUT2D eigenvalue weighted by Gasteiger charge is -2.31. The smallest absolute Gasteiger partial charge is 0.161 e. The molecule has 1 N–H and O–H groups in total. The summed E-state index contributed by atoms with van der Waals surface area (Å²) in [5.74, 6) is 0.265. The Bertz CT molecular complexity index is 504. The third-order valence-electron chi connectivity index (χ3n) is 4.20. The third kappa shape index (κ3) is 3.32. The summed E-state index contributed by atoms with van der Waals surface area (Å²) < 4.78 is 14.5. The molecule has 0 aromatic heterocycles. The summed E-state index contributed by atoms with van der Waals surface area (Å²) in [5, 5.41) is 12.2. The normalized spacial score (nSPS) is 17.5. The van der Waals surface area contributed by atoms with Crippen LogP contribution in [0.25, 0.3) is 0 Å². The first-order valence-corrected chi connectivity index (χ1v) is 8.11. The van der Waals surface area contributed by atoms with Crippen molar-refractivity contribution >= 4 is 21.6 Å². The minimum Gasteiger partial charge on any atom is -0.380 e. The van der Waals surface area contributed by atoms with Crippen molar-refractivity contribution in [1.29, 1.82) is 5.26 Å². The summed E-state index contributed by atoms with van der Waals surface area (Å²) in [6.07, 6.45) is 7.32. The first-order chi connectivity index (χ1) is 9.67. The zero-order valence-corrected chi connectivity index (χ0v) is 13.3. The Labute approximate surface area is 128 Å². The summed E-state index contributed by atoms with van der Waals surface area (Å²) in [4.78, 5) is 0. The maximum atomic E-state index is 14.3. The molecule has 1 aromatic rings. The van der Waals surface area contributed by atoms with Crippen molar-refractivity contribution in [3.63, 3.8) is 0 Å². The Kier molecular flexibility index (Phi) is 5.42. The summed E-state index contributed by atoms with van der Waals surface area (Å²) in [6, 6.07) is 5.62. The van der Waals surface area contributed by atoms with Crippen molar-refractivity contribution < 1.29 is 4.39 Å². The zero-order chi connectivity index (χ0) is 14.5. The highest BCUT2D eigenvalue weighted by Gasteiger charge is 2.23. The lowest BCUT2D eigenvalue weighted by molar-refractivity contribution is 0.312. The third-order valence-corrected chi connectivity index (χ3v) is 4.98. The SMILES string of the molecule is CCC(Nc1ccc(C#N)c(Br)c1F)C1CCCCC1. The molecule has 1 aliphatic rings. The fourth-order valence-electron chi connectivity index (χ4n) is 3.04. The number of nitriles is 1. The van der Waals surface area contributed by atoms with Gasteiger partial charge in [0, 0.05) is 6.04 Å². The molecule has 1 aromatic carbocycles. The van der Waals surface area contributed by atoms with Crippen molar-refractivity contribution in [3.05, 3.63) is 28.0 Å². The molecule has 0 amide bonds. The van der Waals surface area contributed by atoms with Gasteiger partial charge in [0.1, 0.15) is 6.07 Å².